The first-order chi connectivity index (χ1) is 10.7. The summed E-state index contributed by atoms with van der Waals surface area (Å²) < 4.78 is 5.24. The molecule has 2 rings (SSSR count). The molecule has 2 heterocycles. The van der Waals surface area contributed by atoms with Crippen molar-refractivity contribution in [3.8, 4) is 0 Å². The van der Waals surface area contributed by atoms with Gasteiger partial charge in [-0.1, -0.05) is 0 Å². The summed E-state index contributed by atoms with van der Waals surface area (Å²) in [4.78, 5) is 28.3. The third-order valence-corrected chi connectivity index (χ3v) is 3.50. The summed E-state index contributed by atoms with van der Waals surface area (Å²) in [6.07, 6.45) is 1.62. The summed E-state index contributed by atoms with van der Waals surface area (Å²) >= 11 is 0. The van der Waals surface area contributed by atoms with E-state index in [4.69, 9.17) is 4.74 Å². The van der Waals surface area contributed by atoms with Gasteiger partial charge in [-0.15, -0.1) is 0 Å². The van der Waals surface area contributed by atoms with E-state index in [1.807, 2.05) is 25.7 Å². The third kappa shape index (κ3) is 4.54. The van der Waals surface area contributed by atoms with Crippen molar-refractivity contribution in [3.05, 3.63) is 27.9 Å². The average molecular weight is 322 g/mol. The molecule has 0 spiro atoms. The van der Waals surface area contributed by atoms with Crippen molar-refractivity contribution in [1.82, 2.24) is 10.3 Å². The number of carbonyl (C=O) groups is 1. The quantitative estimate of drug-likeness (QED) is 0.678. The highest BCUT2D eigenvalue weighted by molar-refractivity contribution is 5.68. The van der Waals surface area contributed by atoms with Crippen molar-refractivity contribution in [2.45, 2.75) is 45.8 Å². The summed E-state index contributed by atoms with van der Waals surface area (Å²) in [5.41, 5.74) is 0.0549. The molecule has 1 fully saturated rings. The molecule has 0 radical (unpaired) electrons. The second-order valence-electron chi connectivity index (χ2n) is 6.66. The topological polar surface area (TPSA) is 97.6 Å². The zero-order valence-corrected chi connectivity index (χ0v) is 13.8. The summed E-state index contributed by atoms with van der Waals surface area (Å²) in [7, 11) is 0. The number of carbonyl (C=O) groups excluding carboxylic acids is 1. The van der Waals surface area contributed by atoms with Gasteiger partial charge >= 0.3 is 6.09 Å². The van der Waals surface area contributed by atoms with E-state index in [-0.39, 0.29) is 11.7 Å². The lowest BCUT2D eigenvalue weighted by Crippen LogP contribution is -2.40. The lowest BCUT2D eigenvalue weighted by molar-refractivity contribution is -0.385. The number of nitro groups is 1. The van der Waals surface area contributed by atoms with Crippen molar-refractivity contribution >= 4 is 17.6 Å². The zero-order chi connectivity index (χ0) is 17.2. The fourth-order valence-electron chi connectivity index (χ4n) is 2.46. The molecule has 1 aliphatic rings. The van der Waals surface area contributed by atoms with Crippen LogP contribution < -0.4 is 10.2 Å². The number of amides is 1. The number of anilines is 1. The fourth-order valence-corrected chi connectivity index (χ4v) is 2.46. The number of hydrogen-bond acceptors (Lipinski definition) is 6. The van der Waals surface area contributed by atoms with Gasteiger partial charge in [0, 0.05) is 18.7 Å². The third-order valence-electron chi connectivity index (χ3n) is 3.50. The second kappa shape index (κ2) is 6.39. The zero-order valence-electron chi connectivity index (χ0n) is 13.8. The van der Waals surface area contributed by atoms with Gasteiger partial charge in [-0.25, -0.2) is 9.78 Å². The van der Waals surface area contributed by atoms with Gasteiger partial charge in [-0.05, 0) is 40.2 Å². The maximum atomic E-state index is 11.8. The number of alkyl carbamates (subject to hydrolysis) is 1. The molecule has 0 bridgehead atoms. The Morgan fingerprint density at radius 3 is 2.78 bits per heavy atom. The number of nitrogens with zero attached hydrogens (tertiary/aromatic N) is 3. The minimum absolute atomic E-state index is 0.0105. The Balaban J connectivity index is 1.96. The van der Waals surface area contributed by atoms with E-state index >= 15 is 0 Å². The highest BCUT2D eigenvalue weighted by atomic mass is 16.6. The Bertz CT molecular complexity index is 612. The maximum Gasteiger partial charge on any atom is 0.407 e. The van der Waals surface area contributed by atoms with Crippen LogP contribution in [0.3, 0.4) is 0 Å². The summed E-state index contributed by atoms with van der Waals surface area (Å²) in [5.74, 6) is 0.682. The number of hydrogen-bond donors (Lipinski definition) is 1. The van der Waals surface area contributed by atoms with Gasteiger partial charge in [0.15, 0.2) is 0 Å². The molecule has 0 aromatic carbocycles. The van der Waals surface area contributed by atoms with Crippen LogP contribution in [0.25, 0.3) is 0 Å². The summed E-state index contributed by atoms with van der Waals surface area (Å²) in [5, 5.41) is 13.7. The van der Waals surface area contributed by atoms with E-state index in [0.717, 1.165) is 13.0 Å². The number of aromatic nitrogens is 1. The van der Waals surface area contributed by atoms with E-state index in [2.05, 4.69) is 10.3 Å². The van der Waals surface area contributed by atoms with Crippen LogP contribution in [0.15, 0.2) is 12.3 Å². The van der Waals surface area contributed by atoms with Crippen LogP contribution in [0, 0.1) is 17.0 Å². The molecule has 0 saturated carbocycles. The van der Waals surface area contributed by atoms with Crippen LogP contribution in [0.4, 0.5) is 16.3 Å². The molecule has 1 aromatic heterocycles. The van der Waals surface area contributed by atoms with Crippen LogP contribution in [-0.4, -0.2) is 40.7 Å². The standard InChI is InChI=1S/C15H22N4O4/c1-10-7-13(16-8-12(10)19(21)22)18-6-5-11(9-18)17-14(20)23-15(2,3)4/h7-8,11H,5-6,9H2,1-4H3,(H,17,20)/t11-/m0/s1. The normalized spacial score (nSPS) is 17.9. The van der Waals surface area contributed by atoms with Crippen LogP contribution in [0.2, 0.25) is 0 Å². The molecule has 8 nitrogen and oxygen atoms in total. The Morgan fingerprint density at radius 1 is 1.52 bits per heavy atom. The first-order valence-electron chi connectivity index (χ1n) is 7.51. The van der Waals surface area contributed by atoms with Crippen LogP contribution in [0.5, 0.6) is 0 Å². The molecule has 1 atom stereocenters. The predicted octanol–water partition coefficient (Wildman–Crippen LogP) is 2.40. The molecule has 1 amide bonds. The number of aryl methyl sites for hydroxylation is 1. The smallest absolute Gasteiger partial charge is 0.407 e. The maximum absolute atomic E-state index is 11.8. The van der Waals surface area contributed by atoms with Crippen LogP contribution in [-0.2, 0) is 4.74 Å². The van der Waals surface area contributed by atoms with Crippen molar-refractivity contribution < 1.29 is 14.5 Å². The van der Waals surface area contributed by atoms with Crippen molar-refractivity contribution in [3.63, 3.8) is 0 Å². The van der Waals surface area contributed by atoms with E-state index < -0.39 is 16.6 Å². The van der Waals surface area contributed by atoms with Gasteiger partial charge < -0.3 is 15.0 Å². The van der Waals surface area contributed by atoms with E-state index in [1.165, 1.54) is 6.20 Å². The minimum Gasteiger partial charge on any atom is -0.444 e. The van der Waals surface area contributed by atoms with Gasteiger partial charge in [0.05, 0.1) is 11.0 Å². The molecular formula is C15H22N4O4. The largest absolute Gasteiger partial charge is 0.444 e. The number of nitrogens with one attached hydrogen (secondary N) is 1. The van der Waals surface area contributed by atoms with Gasteiger partial charge in [0.1, 0.15) is 17.6 Å². The van der Waals surface area contributed by atoms with Gasteiger partial charge in [0.25, 0.3) is 5.69 Å². The molecule has 23 heavy (non-hydrogen) atoms. The van der Waals surface area contributed by atoms with Crippen LogP contribution in [0.1, 0.15) is 32.8 Å². The van der Waals surface area contributed by atoms with Gasteiger partial charge in [-0.3, -0.25) is 10.1 Å². The molecular weight excluding hydrogens is 300 g/mol. The molecule has 0 unspecified atom stereocenters. The second-order valence-corrected chi connectivity index (χ2v) is 6.66. The Hall–Kier alpha value is -2.38. The lowest BCUT2D eigenvalue weighted by atomic mass is 10.2. The minimum atomic E-state index is -0.528. The number of rotatable bonds is 3. The first-order valence-corrected chi connectivity index (χ1v) is 7.51. The molecule has 8 heteroatoms. The van der Waals surface area contributed by atoms with Crippen molar-refractivity contribution in [2.75, 3.05) is 18.0 Å². The number of ether oxygens (including phenoxy) is 1. The molecule has 0 aliphatic carbocycles. The monoisotopic (exact) mass is 322 g/mol. The molecule has 1 saturated heterocycles. The van der Waals surface area contributed by atoms with E-state index in [9.17, 15) is 14.9 Å². The van der Waals surface area contributed by atoms with E-state index in [1.54, 1.807) is 13.0 Å². The highest BCUT2D eigenvalue weighted by Gasteiger charge is 2.27. The highest BCUT2D eigenvalue weighted by Crippen LogP contribution is 2.24. The number of pyridine rings is 1. The lowest BCUT2D eigenvalue weighted by Gasteiger charge is -2.22. The SMILES string of the molecule is Cc1cc(N2CC[C@H](NC(=O)OC(C)(C)C)C2)ncc1[N+](=O)[O-]. The van der Waals surface area contributed by atoms with Crippen molar-refractivity contribution in [2.24, 2.45) is 0 Å². The fraction of sp³-hybridized carbons (Fsp3) is 0.600. The van der Waals surface area contributed by atoms with Gasteiger partial charge in [-0.2, -0.15) is 0 Å². The predicted molar refractivity (Wildman–Crippen MR) is 85.6 cm³/mol. The summed E-state index contributed by atoms with van der Waals surface area (Å²) in [6.45, 7) is 8.47. The summed E-state index contributed by atoms with van der Waals surface area (Å²) in [6, 6.07) is 1.68. The molecule has 1 N–H and O–H groups in total. The van der Waals surface area contributed by atoms with E-state index in [0.29, 0.717) is 17.9 Å². The Labute approximate surface area is 135 Å². The molecule has 1 aliphatic heterocycles. The average Bonchev–Trinajstić information content (AvgIpc) is 2.84. The first kappa shape index (κ1) is 17.0. The van der Waals surface area contributed by atoms with Crippen molar-refractivity contribution in [1.29, 1.82) is 0 Å². The molecule has 1 aromatic rings. The Morgan fingerprint density at radius 2 is 2.22 bits per heavy atom. The Kier molecular flexibility index (Phi) is 4.72. The van der Waals surface area contributed by atoms with Gasteiger partial charge in [0.2, 0.25) is 0 Å². The van der Waals surface area contributed by atoms with Crippen LogP contribution >= 0.6 is 0 Å². The molecule has 126 valence electrons.